The first kappa shape index (κ1) is 10.5. The van der Waals surface area contributed by atoms with Gasteiger partial charge in [0, 0.05) is 24.0 Å². The summed E-state index contributed by atoms with van der Waals surface area (Å²) >= 11 is 1.69. The molecule has 94 valence electrons. The molecular weight excluding hydrogens is 246 g/mol. The second kappa shape index (κ2) is 3.78. The van der Waals surface area contributed by atoms with Gasteiger partial charge in [0.2, 0.25) is 0 Å². The molecule has 4 rings (SSSR count). The van der Waals surface area contributed by atoms with Crippen molar-refractivity contribution in [1.29, 1.82) is 0 Å². The predicted octanol–water partition coefficient (Wildman–Crippen LogP) is 2.19. The fraction of sp³-hybridized carbons (Fsp3) is 0.583. The molecule has 0 N–H and O–H groups in total. The van der Waals surface area contributed by atoms with Crippen molar-refractivity contribution in [3.8, 4) is 0 Å². The molecule has 2 aromatic rings. The molecule has 0 radical (unpaired) electrons. The molecule has 2 aromatic heterocycles. The van der Waals surface area contributed by atoms with Crippen molar-refractivity contribution >= 4 is 16.5 Å². The lowest BCUT2D eigenvalue weighted by atomic mass is 10.2. The van der Waals surface area contributed by atoms with Crippen LogP contribution in [-0.2, 0) is 6.54 Å². The Hall–Kier alpha value is -1.43. The highest BCUT2D eigenvalue weighted by molar-refractivity contribution is 7.13. The van der Waals surface area contributed by atoms with E-state index in [9.17, 15) is 0 Å². The molecule has 5 nitrogen and oxygen atoms in total. The zero-order valence-corrected chi connectivity index (χ0v) is 11.1. The van der Waals surface area contributed by atoms with E-state index < -0.39 is 0 Å². The lowest BCUT2D eigenvalue weighted by Crippen LogP contribution is -2.36. The van der Waals surface area contributed by atoms with E-state index in [1.807, 2.05) is 11.6 Å². The molecule has 1 atom stereocenters. The quantitative estimate of drug-likeness (QED) is 0.831. The molecule has 2 aliphatic rings. The Labute approximate surface area is 109 Å². The third-order valence-electron chi connectivity index (χ3n) is 3.68. The van der Waals surface area contributed by atoms with Crippen LogP contribution in [0.3, 0.4) is 0 Å². The first-order valence-electron chi connectivity index (χ1n) is 6.41. The van der Waals surface area contributed by atoms with Crippen LogP contribution in [-0.4, -0.2) is 26.3 Å². The summed E-state index contributed by atoms with van der Waals surface area (Å²) in [5.41, 5.74) is 0. The third kappa shape index (κ3) is 1.55. The van der Waals surface area contributed by atoms with Crippen LogP contribution in [0, 0.1) is 0 Å². The Morgan fingerprint density at radius 1 is 1.33 bits per heavy atom. The minimum Gasteiger partial charge on any atom is -0.338 e. The molecule has 1 saturated carbocycles. The predicted molar refractivity (Wildman–Crippen MR) is 69.9 cm³/mol. The number of hydrogen-bond donors (Lipinski definition) is 0. The largest absolute Gasteiger partial charge is 0.338 e. The third-order valence-corrected chi connectivity index (χ3v) is 4.51. The number of nitrogens with zero attached hydrogens (tertiary/aromatic N) is 5. The summed E-state index contributed by atoms with van der Waals surface area (Å²) < 4.78 is 2.35. The van der Waals surface area contributed by atoms with Crippen LogP contribution in [0.25, 0.3) is 0 Å². The van der Waals surface area contributed by atoms with Gasteiger partial charge in [-0.2, -0.15) is 0 Å². The van der Waals surface area contributed by atoms with E-state index in [1.165, 1.54) is 18.7 Å². The summed E-state index contributed by atoms with van der Waals surface area (Å²) in [6, 6.07) is 0.434. The molecular formula is C12H15N5S. The lowest BCUT2D eigenvalue weighted by molar-refractivity contribution is 0.449. The van der Waals surface area contributed by atoms with Crippen molar-refractivity contribution < 1.29 is 0 Å². The monoisotopic (exact) mass is 261 g/mol. The molecule has 1 aliphatic carbocycles. The maximum Gasteiger partial charge on any atom is 0.185 e. The highest BCUT2D eigenvalue weighted by atomic mass is 32.1. The summed E-state index contributed by atoms with van der Waals surface area (Å²) in [5.74, 6) is 2.96. The lowest BCUT2D eigenvalue weighted by Gasteiger charge is -2.32. The van der Waals surface area contributed by atoms with Crippen molar-refractivity contribution in [3.05, 3.63) is 23.2 Å². The maximum absolute atomic E-state index is 4.40. The van der Waals surface area contributed by atoms with E-state index in [4.69, 9.17) is 0 Å². The van der Waals surface area contributed by atoms with Gasteiger partial charge in [0.1, 0.15) is 5.82 Å². The van der Waals surface area contributed by atoms with Crippen molar-refractivity contribution in [3.63, 3.8) is 0 Å². The van der Waals surface area contributed by atoms with Gasteiger partial charge < -0.3 is 9.47 Å². The summed E-state index contributed by atoms with van der Waals surface area (Å²) in [6.45, 7) is 4.08. The molecule has 0 amide bonds. The van der Waals surface area contributed by atoms with Crippen molar-refractivity contribution in [2.45, 2.75) is 38.3 Å². The SMILES string of the molecule is C[C@H]1CN(c2nccs2)Cc2nnc(C3CC3)n21. The molecule has 0 spiro atoms. The van der Waals surface area contributed by atoms with Crippen LogP contribution >= 0.6 is 11.3 Å². The standard InChI is InChI=1S/C12H15N5S/c1-8-6-16(12-13-4-5-18-12)7-10-14-15-11(17(8)10)9-2-3-9/h4-5,8-9H,2-3,6-7H2,1H3/t8-/m0/s1. The number of anilines is 1. The van der Waals surface area contributed by atoms with Gasteiger partial charge in [-0.1, -0.05) is 0 Å². The number of fused-ring (bicyclic) bond motifs is 1. The molecule has 18 heavy (non-hydrogen) atoms. The van der Waals surface area contributed by atoms with Crippen LogP contribution < -0.4 is 4.90 Å². The first-order valence-corrected chi connectivity index (χ1v) is 7.29. The average Bonchev–Trinajstić information content (AvgIpc) is 2.93. The minimum absolute atomic E-state index is 0.434. The Morgan fingerprint density at radius 3 is 2.94 bits per heavy atom. The minimum atomic E-state index is 0.434. The Kier molecular flexibility index (Phi) is 2.20. The van der Waals surface area contributed by atoms with Gasteiger partial charge in [0.05, 0.1) is 12.6 Å². The Bertz CT molecular complexity index is 557. The topological polar surface area (TPSA) is 46.8 Å². The fourth-order valence-electron chi connectivity index (χ4n) is 2.70. The van der Waals surface area contributed by atoms with E-state index in [0.717, 1.165) is 24.0 Å². The number of rotatable bonds is 2. The van der Waals surface area contributed by atoms with Gasteiger partial charge >= 0.3 is 0 Å². The number of thiazole rings is 1. The van der Waals surface area contributed by atoms with Gasteiger partial charge in [-0.05, 0) is 19.8 Å². The fourth-order valence-corrected chi connectivity index (χ4v) is 3.35. The molecule has 0 saturated heterocycles. The van der Waals surface area contributed by atoms with E-state index in [-0.39, 0.29) is 0 Å². The average molecular weight is 261 g/mol. The van der Waals surface area contributed by atoms with Crippen LogP contribution in [0.2, 0.25) is 0 Å². The van der Waals surface area contributed by atoms with Crippen LogP contribution in [0.1, 0.15) is 43.4 Å². The smallest absolute Gasteiger partial charge is 0.185 e. The number of hydrogen-bond acceptors (Lipinski definition) is 5. The zero-order valence-electron chi connectivity index (χ0n) is 10.3. The van der Waals surface area contributed by atoms with Crippen molar-refractivity contribution in [1.82, 2.24) is 19.7 Å². The van der Waals surface area contributed by atoms with Gasteiger partial charge in [0.15, 0.2) is 11.0 Å². The maximum atomic E-state index is 4.40. The molecule has 0 unspecified atom stereocenters. The molecule has 6 heteroatoms. The molecule has 0 bridgehead atoms. The summed E-state index contributed by atoms with van der Waals surface area (Å²) in [4.78, 5) is 6.69. The Morgan fingerprint density at radius 2 is 2.22 bits per heavy atom. The van der Waals surface area contributed by atoms with Crippen LogP contribution in [0.15, 0.2) is 11.6 Å². The number of aromatic nitrogens is 4. The van der Waals surface area contributed by atoms with Crippen LogP contribution in [0.5, 0.6) is 0 Å². The highest BCUT2D eigenvalue weighted by Crippen LogP contribution is 2.41. The molecule has 0 aromatic carbocycles. The van der Waals surface area contributed by atoms with E-state index in [0.29, 0.717) is 12.0 Å². The van der Waals surface area contributed by atoms with Gasteiger partial charge in [0.25, 0.3) is 0 Å². The van der Waals surface area contributed by atoms with Crippen molar-refractivity contribution in [2.75, 3.05) is 11.4 Å². The summed E-state index contributed by atoms with van der Waals surface area (Å²) in [6.07, 6.45) is 4.42. The van der Waals surface area contributed by atoms with E-state index in [1.54, 1.807) is 11.3 Å². The van der Waals surface area contributed by atoms with Crippen molar-refractivity contribution in [2.24, 2.45) is 0 Å². The summed E-state index contributed by atoms with van der Waals surface area (Å²) in [5, 5.41) is 11.9. The van der Waals surface area contributed by atoms with E-state index >= 15 is 0 Å². The van der Waals surface area contributed by atoms with E-state index in [2.05, 4.69) is 31.6 Å². The first-order chi connectivity index (χ1) is 8.83. The molecule has 1 fully saturated rings. The second-order valence-corrected chi connectivity index (χ2v) is 6.04. The van der Waals surface area contributed by atoms with Crippen LogP contribution in [0.4, 0.5) is 5.13 Å². The van der Waals surface area contributed by atoms with Gasteiger partial charge in [-0.15, -0.1) is 21.5 Å². The highest BCUT2D eigenvalue weighted by Gasteiger charge is 2.34. The summed E-state index contributed by atoms with van der Waals surface area (Å²) in [7, 11) is 0. The molecule has 1 aliphatic heterocycles. The zero-order chi connectivity index (χ0) is 12.1. The second-order valence-electron chi connectivity index (χ2n) is 5.16. The van der Waals surface area contributed by atoms with Gasteiger partial charge in [-0.25, -0.2) is 4.98 Å². The van der Waals surface area contributed by atoms with Gasteiger partial charge in [-0.3, -0.25) is 0 Å². The normalized spacial score (nSPS) is 23.2. The molecule has 3 heterocycles. The Balaban J connectivity index is 1.69.